The fourth-order valence-electron chi connectivity index (χ4n) is 2.32. The van der Waals surface area contributed by atoms with E-state index < -0.39 is 6.36 Å². The summed E-state index contributed by atoms with van der Waals surface area (Å²) in [6, 6.07) is 14.4. The molecule has 0 N–H and O–H groups in total. The highest BCUT2D eigenvalue weighted by atomic mass is 19.4. The molecule has 0 aliphatic carbocycles. The number of benzene rings is 2. The first-order valence-electron chi connectivity index (χ1n) is 6.28. The summed E-state index contributed by atoms with van der Waals surface area (Å²) in [7, 11) is 0. The van der Waals surface area contributed by atoms with Gasteiger partial charge in [0.2, 0.25) is 0 Å². The molecule has 0 saturated heterocycles. The maximum Gasteiger partial charge on any atom is 0.573 e. The second-order valence-corrected chi connectivity index (χ2v) is 4.67. The number of ether oxygens (including phenoxy) is 1. The fourth-order valence-corrected chi connectivity index (χ4v) is 2.32. The predicted molar refractivity (Wildman–Crippen MR) is 73.5 cm³/mol. The quantitative estimate of drug-likeness (QED) is 0.670. The van der Waals surface area contributed by atoms with Gasteiger partial charge >= 0.3 is 6.36 Å². The second kappa shape index (κ2) is 4.84. The van der Waals surface area contributed by atoms with Crippen LogP contribution in [0.3, 0.4) is 0 Å². The molecule has 5 heteroatoms. The highest BCUT2D eigenvalue weighted by Gasteiger charge is 2.31. The molecule has 2 aromatic carbocycles. The van der Waals surface area contributed by atoms with Crippen LogP contribution in [-0.4, -0.2) is 10.9 Å². The monoisotopic (exact) mass is 290 g/mol. The van der Waals surface area contributed by atoms with E-state index in [2.05, 4.69) is 10.8 Å². The molecule has 0 amide bonds. The molecule has 1 heterocycles. The molecule has 21 heavy (non-hydrogen) atoms. The van der Waals surface area contributed by atoms with E-state index in [1.54, 1.807) is 12.1 Å². The molecule has 3 aromatic rings. The van der Waals surface area contributed by atoms with Crippen molar-refractivity contribution in [2.45, 2.75) is 13.3 Å². The summed E-state index contributed by atoms with van der Waals surface area (Å²) in [5.41, 5.74) is 2.56. The molecule has 0 aliphatic heterocycles. The van der Waals surface area contributed by atoms with Crippen molar-refractivity contribution in [3.8, 4) is 11.4 Å². The molecule has 0 atom stereocenters. The van der Waals surface area contributed by atoms with Crippen molar-refractivity contribution in [3.05, 3.63) is 60.3 Å². The predicted octanol–water partition coefficient (Wildman–Crippen LogP) is 4.64. The molecular weight excluding hydrogens is 279 g/mol. The number of halogens is 3. The number of nitrogens with zero attached hydrogens (tertiary/aromatic N) is 1. The summed E-state index contributed by atoms with van der Waals surface area (Å²) in [6.45, 7) is 1.95. The van der Waals surface area contributed by atoms with E-state index in [0.29, 0.717) is 5.69 Å². The molecule has 2 nitrogen and oxygen atoms in total. The van der Waals surface area contributed by atoms with Crippen molar-refractivity contribution in [2.24, 2.45) is 0 Å². The van der Waals surface area contributed by atoms with Gasteiger partial charge in [0.05, 0.1) is 5.52 Å². The van der Waals surface area contributed by atoms with Crippen LogP contribution in [0.5, 0.6) is 5.75 Å². The Kier molecular flexibility index (Phi) is 3.12. The number of hydrogen-bond acceptors (Lipinski definition) is 1. The Balaban J connectivity index is 2.09. The summed E-state index contributed by atoms with van der Waals surface area (Å²) in [5.74, 6) is -0.234. The van der Waals surface area contributed by atoms with Crippen molar-refractivity contribution in [1.29, 1.82) is 0 Å². The largest absolute Gasteiger partial charge is 0.573 e. The number of aryl methyl sites for hydroxylation is 1. The number of fused-ring (bicyclic) bond motifs is 1. The first-order chi connectivity index (χ1) is 9.94. The Morgan fingerprint density at radius 1 is 1.19 bits per heavy atom. The Bertz CT molecular complexity index is 790. The van der Waals surface area contributed by atoms with E-state index >= 15 is 0 Å². The summed E-state index contributed by atoms with van der Waals surface area (Å²) in [4.78, 5) is 0. The zero-order valence-corrected chi connectivity index (χ0v) is 11.1. The van der Waals surface area contributed by atoms with Gasteiger partial charge < -0.3 is 9.30 Å². The van der Waals surface area contributed by atoms with Gasteiger partial charge in [-0.15, -0.1) is 13.2 Å². The summed E-state index contributed by atoms with van der Waals surface area (Å²) in [5, 5.41) is 1.01. The van der Waals surface area contributed by atoms with Crippen molar-refractivity contribution in [3.63, 3.8) is 0 Å². The van der Waals surface area contributed by atoms with Crippen molar-refractivity contribution in [2.75, 3.05) is 0 Å². The molecule has 1 radical (unpaired) electrons. The maximum absolute atomic E-state index is 12.3. The smallest absolute Gasteiger partial charge is 0.406 e. The van der Waals surface area contributed by atoms with Gasteiger partial charge in [-0.25, -0.2) is 0 Å². The summed E-state index contributed by atoms with van der Waals surface area (Å²) >= 11 is 0. The van der Waals surface area contributed by atoms with Crippen LogP contribution in [0.25, 0.3) is 16.6 Å². The van der Waals surface area contributed by atoms with E-state index in [0.717, 1.165) is 16.5 Å². The van der Waals surface area contributed by atoms with Crippen molar-refractivity contribution in [1.82, 2.24) is 4.57 Å². The first-order valence-corrected chi connectivity index (χ1v) is 6.28. The van der Waals surface area contributed by atoms with Crippen molar-refractivity contribution < 1.29 is 17.9 Å². The number of aromatic nitrogens is 1. The van der Waals surface area contributed by atoms with Gasteiger partial charge in [-0.2, -0.15) is 0 Å². The molecule has 107 valence electrons. The lowest BCUT2D eigenvalue weighted by molar-refractivity contribution is -0.274. The SMILES string of the molecule is Cc1cn(-c2cccc(OC(F)(F)F)c2)c2cc[c]cc12. The third-order valence-corrected chi connectivity index (χ3v) is 3.18. The lowest BCUT2D eigenvalue weighted by Gasteiger charge is -2.11. The molecule has 0 saturated carbocycles. The Labute approximate surface area is 119 Å². The zero-order chi connectivity index (χ0) is 15.0. The second-order valence-electron chi connectivity index (χ2n) is 4.67. The Morgan fingerprint density at radius 3 is 2.76 bits per heavy atom. The molecule has 1 aromatic heterocycles. The van der Waals surface area contributed by atoms with Crippen LogP contribution < -0.4 is 4.74 Å². The van der Waals surface area contributed by atoms with Gasteiger partial charge in [-0.3, -0.25) is 0 Å². The number of alkyl halides is 3. The lowest BCUT2D eigenvalue weighted by Crippen LogP contribution is -2.17. The van der Waals surface area contributed by atoms with Gasteiger partial charge in [0.25, 0.3) is 0 Å². The minimum atomic E-state index is -4.69. The minimum Gasteiger partial charge on any atom is -0.406 e. The molecule has 0 aliphatic rings. The van der Waals surface area contributed by atoms with Crippen LogP contribution in [0.1, 0.15) is 5.56 Å². The Hall–Kier alpha value is -2.43. The highest BCUT2D eigenvalue weighted by molar-refractivity contribution is 5.85. The molecule has 0 spiro atoms. The van der Waals surface area contributed by atoms with E-state index in [1.807, 2.05) is 29.8 Å². The van der Waals surface area contributed by atoms with Crippen LogP contribution in [0.15, 0.2) is 48.7 Å². The van der Waals surface area contributed by atoms with Crippen LogP contribution in [-0.2, 0) is 0 Å². The highest BCUT2D eigenvalue weighted by Crippen LogP contribution is 2.28. The molecule has 0 fully saturated rings. The summed E-state index contributed by atoms with van der Waals surface area (Å²) < 4.78 is 42.7. The topological polar surface area (TPSA) is 14.2 Å². The third-order valence-electron chi connectivity index (χ3n) is 3.18. The standard InChI is InChI=1S/C16H11F3NO/c1-11-10-20(15-8-3-2-7-14(11)15)12-5-4-6-13(9-12)21-16(17,18)19/h3-10H,1H3. The van der Waals surface area contributed by atoms with E-state index in [1.165, 1.54) is 18.2 Å². The van der Waals surface area contributed by atoms with Gasteiger partial charge in [0.15, 0.2) is 0 Å². The van der Waals surface area contributed by atoms with Crippen molar-refractivity contribution >= 4 is 10.9 Å². The summed E-state index contributed by atoms with van der Waals surface area (Å²) in [6.07, 6.45) is -2.81. The van der Waals surface area contributed by atoms with Crippen LogP contribution in [0.4, 0.5) is 13.2 Å². The average molecular weight is 290 g/mol. The average Bonchev–Trinajstić information content (AvgIpc) is 2.75. The van der Waals surface area contributed by atoms with E-state index in [-0.39, 0.29) is 5.75 Å². The normalized spacial score (nSPS) is 11.8. The van der Waals surface area contributed by atoms with Crippen LogP contribution >= 0.6 is 0 Å². The molecule has 0 bridgehead atoms. The van der Waals surface area contributed by atoms with Gasteiger partial charge in [-0.1, -0.05) is 12.1 Å². The molecule has 3 rings (SSSR count). The van der Waals surface area contributed by atoms with Gasteiger partial charge in [0.1, 0.15) is 5.75 Å². The Morgan fingerprint density at radius 2 is 2.00 bits per heavy atom. The molecule has 0 unspecified atom stereocenters. The molecular formula is C16H11F3NO. The first kappa shape index (κ1) is 13.5. The number of rotatable bonds is 2. The fraction of sp³-hybridized carbons (Fsp3) is 0.125. The minimum absolute atomic E-state index is 0.234. The van der Waals surface area contributed by atoms with Crippen LogP contribution in [0.2, 0.25) is 0 Å². The number of hydrogen-bond donors (Lipinski definition) is 0. The third kappa shape index (κ3) is 2.72. The van der Waals surface area contributed by atoms with Gasteiger partial charge in [-0.05, 0) is 42.8 Å². The van der Waals surface area contributed by atoms with Crippen LogP contribution in [0, 0.1) is 13.0 Å². The van der Waals surface area contributed by atoms with E-state index in [4.69, 9.17) is 0 Å². The lowest BCUT2D eigenvalue weighted by atomic mass is 10.2. The van der Waals surface area contributed by atoms with E-state index in [9.17, 15) is 13.2 Å². The van der Waals surface area contributed by atoms with Gasteiger partial charge in [0, 0.05) is 23.3 Å². The maximum atomic E-state index is 12.3. The zero-order valence-electron chi connectivity index (χ0n) is 11.1.